The summed E-state index contributed by atoms with van der Waals surface area (Å²) in [4.78, 5) is 25.4. The number of hydrogen-bond donors (Lipinski definition) is 2. The molecule has 0 aliphatic heterocycles. The van der Waals surface area contributed by atoms with Crippen molar-refractivity contribution < 1.29 is 9.59 Å². The van der Waals surface area contributed by atoms with Gasteiger partial charge in [0, 0.05) is 16.1 Å². The van der Waals surface area contributed by atoms with E-state index in [0.29, 0.717) is 16.1 Å². The van der Waals surface area contributed by atoms with Crippen molar-refractivity contribution in [2.75, 3.05) is 0 Å². The Balaban J connectivity index is 1.83. The van der Waals surface area contributed by atoms with Crippen molar-refractivity contribution >= 4 is 23.4 Å². The van der Waals surface area contributed by atoms with Crippen LogP contribution in [0.4, 0.5) is 0 Å². The van der Waals surface area contributed by atoms with Crippen LogP contribution in [0.15, 0.2) is 72.8 Å². The van der Waals surface area contributed by atoms with E-state index in [9.17, 15) is 9.59 Å². The molecule has 5 heteroatoms. The summed E-state index contributed by atoms with van der Waals surface area (Å²) in [7, 11) is 0. The summed E-state index contributed by atoms with van der Waals surface area (Å²) in [5.41, 5.74) is 3.91. The predicted molar refractivity (Wildman–Crippen MR) is 111 cm³/mol. The van der Waals surface area contributed by atoms with Gasteiger partial charge in [0.15, 0.2) is 0 Å². The fourth-order valence-electron chi connectivity index (χ4n) is 2.70. The summed E-state index contributed by atoms with van der Waals surface area (Å²) in [5.74, 6) is -0.548. The monoisotopic (exact) mass is 392 g/mol. The zero-order valence-electron chi connectivity index (χ0n) is 15.7. The lowest BCUT2D eigenvalue weighted by atomic mass is 10.1. The molecule has 0 aliphatic carbocycles. The molecule has 4 nitrogen and oxygen atoms in total. The van der Waals surface area contributed by atoms with Gasteiger partial charge in [0.25, 0.3) is 11.8 Å². The SMILES string of the molecule is Cc1ccc(C(=O)NC(NC(=O)c2ccc(C)cc2)c2ccc(Cl)cc2)cc1. The molecule has 0 spiro atoms. The number of halogens is 1. The Bertz CT molecular complexity index is 905. The lowest BCUT2D eigenvalue weighted by Crippen LogP contribution is -2.41. The van der Waals surface area contributed by atoms with Gasteiger partial charge in [0.05, 0.1) is 0 Å². The Labute approximate surface area is 169 Å². The highest BCUT2D eigenvalue weighted by Gasteiger charge is 2.19. The van der Waals surface area contributed by atoms with Gasteiger partial charge in [-0.1, -0.05) is 59.1 Å². The van der Waals surface area contributed by atoms with E-state index in [0.717, 1.165) is 16.7 Å². The molecule has 0 saturated heterocycles. The van der Waals surface area contributed by atoms with E-state index >= 15 is 0 Å². The second-order valence-corrected chi connectivity index (χ2v) is 7.10. The fraction of sp³-hybridized carbons (Fsp3) is 0.130. The zero-order chi connectivity index (χ0) is 20.1. The third-order valence-corrected chi connectivity index (χ3v) is 4.63. The number of aryl methyl sites for hydroxylation is 2. The van der Waals surface area contributed by atoms with Crippen LogP contribution in [-0.2, 0) is 0 Å². The molecule has 142 valence electrons. The van der Waals surface area contributed by atoms with E-state index in [1.54, 1.807) is 48.5 Å². The van der Waals surface area contributed by atoms with Gasteiger partial charge in [0.1, 0.15) is 6.17 Å². The minimum absolute atomic E-state index is 0.274. The van der Waals surface area contributed by atoms with Crippen LogP contribution in [0.3, 0.4) is 0 Å². The second-order valence-electron chi connectivity index (χ2n) is 6.66. The first-order valence-electron chi connectivity index (χ1n) is 8.93. The highest BCUT2D eigenvalue weighted by atomic mass is 35.5. The molecule has 28 heavy (non-hydrogen) atoms. The van der Waals surface area contributed by atoms with Crippen molar-refractivity contribution in [2.45, 2.75) is 20.0 Å². The first-order chi connectivity index (χ1) is 13.4. The minimum Gasteiger partial charge on any atom is -0.328 e. The Hall–Kier alpha value is -3.11. The van der Waals surface area contributed by atoms with E-state index < -0.39 is 6.17 Å². The molecule has 0 atom stereocenters. The third-order valence-electron chi connectivity index (χ3n) is 4.38. The Kier molecular flexibility index (Phi) is 6.12. The largest absolute Gasteiger partial charge is 0.328 e. The lowest BCUT2D eigenvalue weighted by Gasteiger charge is -2.21. The van der Waals surface area contributed by atoms with Gasteiger partial charge in [-0.3, -0.25) is 9.59 Å². The number of carbonyl (C=O) groups is 2. The highest BCUT2D eigenvalue weighted by Crippen LogP contribution is 2.17. The van der Waals surface area contributed by atoms with Gasteiger partial charge in [-0.05, 0) is 55.8 Å². The molecule has 0 aromatic heterocycles. The molecule has 0 fully saturated rings. The van der Waals surface area contributed by atoms with Crippen molar-refractivity contribution in [3.05, 3.63) is 106 Å². The second kappa shape index (κ2) is 8.72. The normalized spacial score (nSPS) is 10.6. The molecule has 0 saturated carbocycles. The van der Waals surface area contributed by atoms with Crippen molar-refractivity contribution in [3.63, 3.8) is 0 Å². The maximum Gasteiger partial charge on any atom is 0.253 e. The minimum atomic E-state index is -0.695. The molecule has 3 aromatic rings. The zero-order valence-corrected chi connectivity index (χ0v) is 16.5. The highest BCUT2D eigenvalue weighted by molar-refractivity contribution is 6.30. The van der Waals surface area contributed by atoms with Crippen LogP contribution in [0.2, 0.25) is 5.02 Å². The van der Waals surface area contributed by atoms with E-state index in [1.165, 1.54) is 0 Å². The topological polar surface area (TPSA) is 58.2 Å². The van der Waals surface area contributed by atoms with Crippen LogP contribution >= 0.6 is 11.6 Å². The Morgan fingerprint density at radius 1 is 0.679 bits per heavy atom. The molecule has 0 radical (unpaired) electrons. The van der Waals surface area contributed by atoms with Crippen LogP contribution in [0, 0.1) is 13.8 Å². The average molecular weight is 393 g/mol. The van der Waals surface area contributed by atoms with Gasteiger partial charge in [-0.15, -0.1) is 0 Å². The maximum atomic E-state index is 12.7. The molecule has 2 amide bonds. The summed E-state index contributed by atoms with van der Waals surface area (Å²) in [6, 6.07) is 21.5. The van der Waals surface area contributed by atoms with Crippen LogP contribution in [0.1, 0.15) is 43.6 Å². The smallest absolute Gasteiger partial charge is 0.253 e. The van der Waals surface area contributed by atoms with Gasteiger partial charge in [-0.2, -0.15) is 0 Å². The fourth-order valence-corrected chi connectivity index (χ4v) is 2.82. The molecule has 0 aliphatic rings. The first kappa shape index (κ1) is 19.6. The quantitative estimate of drug-likeness (QED) is 0.612. The number of rotatable bonds is 5. The Morgan fingerprint density at radius 3 is 1.46 bits per heavy atom. The number of amides is 2. The van der Waals surface area contributed by atoms with Crippen molar-refractivity contribution in [3.8, 4) is 0 Å². The molecule has 0 bridgehead atoms. The molecular weight excluding hydrogens is 372 g/mol. The van der Waals surface area contributed by atoms with Gasteiger partial charge < -0.3 is 10.6 Å². The number of benzene rings is 3. The maximum absolute atomic E-state index is 12.7. The van der Waals surface area contributed by atoms with Crippen LogP contribution < -0.4 is 10.6 Å². The van der Waals surface area contributed by atoms with E-state index in [2.05, 4.69) is 10.6 Å². The van der Waals surface area contributed by atoms with Crippen LogP contribution in [0.25, 0.3) is 0 Å². The number of hydrogen-bond acceptors (Lipinski definition) is 2. The summed E-state index contributed by atoms with van der Waals surface area (Å²) in [5, 5.41) is 6.35. The van der Waals surface area contributed by atoms with Crippen molar-refractivity contribution in [1.82, 2.24) is 10.6 Å². The molecule has 3 rings (SSSR count). The predicted octanol–water partition coefficient (Wildman–Crippen LogP) is 4.82. The van der Waals surface area contributed by atoms with Gasteiger partial charge in [0.2, 0.25) is 0 Å². The summed E-state index contributed by atoms with van der Waals surface area (Å²) < 4.78 is 0. The van der Waals surface area contributed by atoms with Crippen LogP contribution in [-0.4, -0.2) is 11.8 Å². The summed E-state index contributed by atoms with van der Waals surface area (Å²) in [6.07, 6.45) is -0.695. The number of nitrogens with one attached hydrogen (secondary N) is 2. The summed E-state index contributed by atoms with van der Waals surface area (Å²) >= 11 is 5.97. The van der Waals surface area contributed by atoms with E-state index in [-0.39, 0.29) is 11.8 Å². The van der Waals surface area contributed by atoms with Crippen LogP contribution in [0.5, 0.6) is 0 Å². The van der Waals surface area contributed by atoms with E-state index in [4.69, 9.17) is 11.6 Å². The van der Waals surface area contributed by atoms with Crippen molar-refractivity contribution in [1.29, 1.82) is 0 Å². The van der Waals surface area contributed by atoms with Gasteiger partial charge >= 0.3 is 0 Å². The molecule has 2 N–H and O–H groups in total. The molecular formula is C23H21ClN2O2. The van der Waals surface area contributed by atoms with E-state index in [1.807, 2.05) is 38.1 Å². The number of carbonyl (C=O) groups excluding carboxylic acids is 2. The lowest BCUT2D eigenvalue weighted by molar-refractivity contribution is 0.0883. The standard InChI is InChI=1S/C23H21ClN2O2/c1-15-3-7-18(8-4-15)22(27)25-21(17-11-13-20(24)14-12-17)26-23(28)19-9-5-16(2)6-10-19/h3-14,21H,1-2H3,(H,25,27)(H,26,28). The molecule has 0 heterocycles. The van der Waals surface area contributed by atoms with Crippen molar-refractivity contribution in [2.24, 2.45) is 0 Å². The third kappa shape index (κ3) is 4.99. The summed E-state index contributed by atoms with van der Waals surface area (Å²) in [6.45, 7) is 3.92. The first-order valence-corrected chi connectivity index (χ1v) is 9.31. The van der Waals surface area contributed by atoms with Gasteiger partial charge in [-0.25, -0.2) is 0 Å². The molecule has 3 aromatic carbocycles. The average Bonchev–Trinajstić information content (AvgIpc) is 2.69. The Morgan fingerprint density at radius 2 is 1.07 bits per heavy atom. The molecule has 0 unspecified atom stereocenters.